The monoisotopic (exact) mass is 315 g/mol. The van der Waals surface area contributed by atoms with E-state index < -0.39 is 0 Å². The zero-order chi connectivity index (χ0) is 13.2. The quantitative estimate of drug-likeness (QED) is 0.825. The van der Waals surface area contributed by atoms with Crippen molar-refractivity contribution in [1.82, 2.24) is 25.2 Å². The SMILES string of the molecule is Cl.N[C@H]1CCc2nc(NC(=O)Cn3cnnn3)sc2C1. The predicted octanol–water partition coefficient (Wildman–Crippen LogP) is 0.00610. The third-order valence-corrected chi connectivity index (χ3v) is 3.96. The number of aromatic nitrogens is 5. The normalized spacial score (nSPS) is 17.1. The Balaban J connectivity index is 0.00000147. The van der Waals surface area contributed by atoms with Gasteiger partial charge in [-0.05, 0) is 29.7 Å². The standard InChI is InChI=1S/C10H13N7OS.ClH/c11-6-1-2-7-8(3-6)19-10(13-7)14-9(18)4-17-5-12-15-16-17;/h5-6H,1-4,11H2,(H,13,14,18);1H/t6-;/m0./s1. The number of nitrogens with two attached hydrogens (primary N) is 1. The van der Waals surface area contributed by atoms with Crippen molar-refractivity contribution in [3.8, 4) is 0 Å². The summed E-state index contributed by atoms with van der Waals surface area (Å²) in [7, 11) is 0. The molecular weight excluding hydrogens is 302 g/mol. The number of aryl methyl sites for hydroxylation is 1. The molecule has 0 saturated heterocycles. The Morgan fingerprint density at radius 3 is 3.20 bits per heavy atom. The van der Waals surface area contributed by atoms with Crippen LogP contribution in [0.15, 0.2) is 6.33 Å². The van der Waals surface area contributed by atoms with Crippen LogP contribution < -0.4 is 11.1 Å². The molecule has 0 saturated carbocycles. The molecule has 0 fully saturated rings. The number of nitrogens with one attached hydrogen (secondary N) is 1. The van der Waals surface area contributed by atoms with Crippen molar-refractivity contribution in [3.05, 3.63) is 16.9 Å². The molecule has 8 nitrogen and oxygen atoms in total. The lowest BCUT2D eigenvalue weighted by molar-refractivity contribution is -0.116. The maximum absolute atomic E-state index is 11.8. The molecule has 1 aliphatic carbocycles. The van der Waals surface area contributed by atoms with Crippen molar-refractivity contribution in [1.29, 1.82) is 0 Å². The minimum Gasteiger partial charge on any atom is -0.327 e. The highest BCUT2D eigenvalue weighted by Crippen LogP contribution is 2.29. The molecule has 2 aromatic rings. The molecule has 10 heteroatoms. The Kier molecular flexibility index (Phi) is 4.63. The van der Waals surface area contributed by atoms with Gasteiger partial charge in [0.05, 0.1) is 5.69 Å². The Morgan fingerprint density at radius 2 is 2.45 bits per heavy atom. The van der Waals surface area contributed by atoms with Crippen LogP contribution in [0.5, 0.6) is 0 Å². The number of hydrogen-bond acceptors (Lipinski definition) is 7. The molecule has 108 valence electrons. The summed E-state index contributed by atoms with van der Waals surface area (Å²) in [6, 6.07) is 0.206. The Hall–Kier alpha value is -1.58. The van der Waals surface area contributed by atoms with Gasteiger partial charge in [-0.25, -0.2) is 9.67 Å². The molecule has 3 N–H and O–H groups in total. The molecule has 1 atom stereocenters. The average molecular weight is 316 g/mol. The van der Waals surface area contributed by atoms with Gasteiger partial charge in [0.25, 0.3) is 0 Å². The number of tetrazole rings is 1. The summed E-state index contributed by atoms with van der Waals surface area (Å²) >= 11 is 1.50. The number of carbonyl (C=O) groups is 1. The molecule has 0 bridgehead atoms. The molecule has 2 aromatic heterocycles. The van der Waals surface area contributed by atoms with Crippen molar-refractivity contribution in [3.63, 3.8) is 0 Å². The first kappa shape index (κ1) is 14.8. The van der Waals surface area contributed by atoms with E-state index in [1.54, 1.807) is 0 Å². The van der Waals surface area contributed by atoms with Gasteiger partial charge >= 0.3 is 0 Å². The Morgan fingerprint density at radius 1 is 1.60 bits per heavy atom. The van der Waals surface area contributed by atoms with Crippen molar-refractivity contribution < 1.29 is 4.79 Å². The van der Waals surface area contributed by atoms with Gasteiger partial charge in [-0.3, -0.25) is 4.79 Å². The number of hydrogen-bond donors (Lipinski definition) is 2. The third-order valence-electron chi connectivity index (χ3n) is 2.92. The van der Waals surface area contributed by atoms with Gasteiger partial charge in [0, 0.05) is 10.9 Å². The van der Waals surface area contributed by atoms with Gasteiger partial charge in [-0.2, -0.15) is 0 Å². The van der Waals surface area contributed by atoms with Gasteiger partial charge in [0.15, 0.2) is 5.13 Å². The van der Waals surface area contributed by atoms with Crippen molar-refractivity contribution >= 4 is 34.8 Å². The third kappa shape index (κ3) is 3.30. The topological polar surface area (TPSA) is 112 Å². The highest BCUT2D eigenvalue weighted by atomic mass is 35.5. The van der Waals surface area contributed by atoms with Crippen LogP contribution in [0.2, 0.25) is 0 Å². The molecule has 1 aliphatic rings. The van der Waals surface area contributed by atoms with Gasteiger partial charge < -0.3 is 11.1 Å². The first-order chi connectivity index (χ1) is 9.20. The number of thiazole rings is 1. The van der Waals surface area contributed by atoms with Crippen molar-refractivity contribution in [2.24, 2.45) is 5.73 Å². The molecule has 2 heterocycles. The smallest absolute Gasteiger partial charge is 0.248 e. The first-order valence-electron chi connectivity index (χ1n) is 5.95. The molecule has 3 rings (SSSR count). The Bertz CT molecular complexity index is 584. The summed E-state index contributed by atoms with van der Waals surface area (Å²) in [4.78, 5) is 17.4. The minimum absolute atomic E-state index is 0. The van der Waals surface area contributed by atoms with Crippen LogP contribution in [0.3, 0.4) is 0 Å². The number of fused-ring (bicyclic) bond motifs is 1. The minimum atomic E-state index is -0.192. The van der Waals surface area contributed by atoms with E-state index >= 15 is 0 Å². The molecule has 1 amide bonds. The number of carbonyl (C=O) groups excluding carboxylic acids is 1. The predicted molar refractivity (Wildman–Crippen MR) is 75.8 cm³/mol. The number of amides is 1. The van der Waals surface area contributed by atoms with E-state index in [4.69, 9.17) is 5.73 Å². The molecule has 0 radical (unpaired) electrons. The number of anilines is 1. The van der Waals surface area contributed by atoms with Crippen LogP contribution in [-0.2, 0) is 24.2 Å². The van der Waals surface area contributed by atoms with E-state index in [0.29, 0.717) is 5.13 Å². The van der Waals surface area contributed by atoms with Gasteiger partial charge in [-0.15, -0.1) is 28.8 Å². The molecule has 0 aromatic carbocycles. The van der Waals surface area contributed by atoms with E-state index in [2.05, 4.69) is 25.8 Å². The van der Waals surface area contributed by atoms with E-state index in [1.807, 2.05) is 0 Å². The largest absolute Gasteiger partial charge is 0.327 e. The molecule has 20 heavy (non-hydrogen) atoms. The Labute approximate surface area is 125 Å². The zero-order valence-electron chi connectivity index (χ0n) is 10.5. The van der Waals surface area contributed by atoms with Crippen LogP contribution in [-0.4, -0.2) is 37.1 Å². The molecule has 0 aliphatic heterocycles. The second kappa shape index (κ2) is 6.25. The fourth-order valence-electron chi connectivity index (χ4n) is 2.01. The summed E-state index contributed by atoms with van der Waals surface area (Å²) in [5.41, 5.74) is 6.98. The van der Waals surface area contributed by atoms with Crippen LogP contribution in [0.4, 0.5) is 5.13 Å². The van der Waals surface area contributed by atoms with E-state index in [-0.39, 0.29) is 30.9 Å². The van der Waals surface area contributed by atoms with Crippen LogP contribution in [0, 0.1) is 0 Å². The van der Waals surface area contributed by atoms with E-state index in [0.717, 1.165) is 25.0 Å². The number of rotatable bonds is 3. The molecule has 0 spiro atoms. The van der Waals surface area contributed by atoms with Crippen LogP contribution >= 0.6 is 23.7 Å². The van der Waals surface area contributed by atoms with Gasteiger partial charge in [0.1, 0.15) is 12.9 Å². The lowest BCUT2D eigenvalue weighted by atomic mass is 9.99. The summed E-state index contributed by atoms with van der Waals surface area (Å²) in [6.07, 6.45) is 4.08. The number of halogens is 1. The lowest BCUT2D eigenvalue weighted by Crippen LogP contribution is -2.27. The lowest BCUT2D eigenvalue weighted by Gasteiger charge is -2.15. The van der Waals surface area contributed by atoms with Crippen LogP contribution in [0.25, 0.3) is 0 Å². The fourth-order valence-corrected chi connectivity index (χ4v) is 3.13. The van der Waals surface area contributed by atoms with Crippen molar-refractivity contribution in [2.45, 2.75) is 31.8 Å². The summed E-state index contributed by atoms with van der Waals surface area (Å²) in [6.45, 7) is 0.0801. The first-order valence-corrected chi connectivity index (χ1v) is 6.77. The fraction of sp³-hybridized carbons (Fsp3) is 0.500. The van der Waals surface area contributed by atoms with Gasteiger partial charge in [0.2, 0.25) is 5.91 Å². The summed E-state index contributed by atoms with van der Waals surface area (Å²) in [5.74, 6) is -0.192. The highest BCUT2D eigenvalue weighted by Gasteiger charge is 2.20. The maximum atomic E-state index is 11.8. The van der Waals surface area contributed by atoms with Crippen LogP contribution in [0.1, 0.15) is 17.0 Å². The second-order valence-corrected chi connectivity index (χ2v) is 5.53. The number of nitrogens with zero attached hydrogens (tertiary/aromatic N) is 5. The van der Waals surface area contributed by atoms with Crippen molar-refractivity contribution in [2.75, 3.05) is 5.32 Å². The average Bonchev–Trinajstić information content (AvgIpc) is 2.97. The van der Waals surface area contributed by atoms with Gasteiger partial charge in [-0.1, -0.05) is 0 Å². The zero-order valence-corrected chi connectivity index (χ0v) is 12.2. The molecular formula is C10H14ClN7OS. The molecule has 0 unspecified atom stereocenters. The summed E-state index contributed by atoms with van der Waals surface area (Å²) < 4.78 is 1.36. The van der Waals surface area contributed by atoms with E-state index in [9.17, 15) is 4.79 Å². The highest BCUT2D eigenvalue weighted by molar-refractivity contribution is 7.15. The maximum Gasteiger partial charge on any atom is 0.248 e. The second-order valence-electron chi connectivity index (χ2n) is 4.45. The summed E-state index contributed by atoms with van der Waals surface area (Å²) in [5, 5.41) is 14.0. The van der Waals surface area contributed by atoms with E-state index in [1.165, 1.54) is 27.2 Å².